The Labute approximate surface area is 70.9 Å². The van der Waals surface area contributed by atoms with Crippen molar-refractivity contribution in [3.8, 4) is 0 Å². The first kappa shape index (κ1) is 10.6. The molecule has 0 aromatic carbocycles. The van der Waals surface area contributed by atoms with Gasteiger partial charge < -0.3 is 4.74 Å². The molecule has 0 aromatic heterocycles. The number of ketones is 1. The Kier molecular flexibility index (Phi) is 4.60. The molecule has 0 radical (unpaired) electrons. The molecule has 0 atom stereocenters. The first-order valence-corrected chi connectivity index (χ1v) is 3.41. The highest BCUT2D eigenvalue weighted by Gasteiger charge is 2.04. The van der Waals surface area contributed by atoms with Crippen LogP contribution >= 0.6 is 0 Å². The van der Waals surface area contributed by atoms with Gasteiger partial charge in [-0.1, -0.05) is 6.08 Å². The largest absolute Gasteiger partial charge is 0.464 e. The number of rotatable bonds is 3. The summed E-state index contributed by atoms with van der Waals surface area (Å²) in [7, 11) is 1.26. The summed E-state index contributed by atoms with van der Waals surface area (Å²) in [5.74, 6) is -0.756. The standard InChI is InChI=1S/C8H11NO3/c1-4-7(8(11)12-3)9-5-6(2)10/h4-5H,1-3H3/b7-4-,9-5?. The van der Waals surface area contributed by atoms with Gasteiger partial charge in [-0.3, -0.25) is 4.79 Å². The molecule has 12 heavy (non-hydrogen) atoms. The van der Waals surface area contributed by atoms with E-state index in [1.54, 1.807) is 6.92 Å². The number of nitrogens with zero attached hydrogens (tertiary/aromatic N) is 1. The van der Waals surface area contributed by atoms with Gasteiger partial charge in [-0.05, 0) is 6.92 Å². The SMILES string of the molecule is C/C=C(\N=CC(C)=O)C(=O)OC. The molecule has 4 nitrogen and oxygen atoms in total. The van der Waals surface area contributed by atoms with Crippen LogP contribution in [0.5, 0.6) is 0 Å². The highest BCUT2D eigenvalue weighted by Crippen LogP contribution is 1.97. The van der Waals surface area contributed by atoms with E-state index < -0.39 is 5.97 Å². The number of methoxy groups -OCH3 is 1. The van der Waals surface area contributed by atoms with Gasteiger partial charge in [-0.25, -0.2) is 9.79 Å². The lowest BCUT2D eigenvalue weighted by Crippen LogP contribution is -2.03. The van der Waals surface area contributed by atoms with E-state index >= 15 is 0 Å². The second kappa shape index (κ2) is 5.23. The molecule has 0 aliphatic carbocycles. The van der Waals surface area contributed by atoms with Crippen molar-refractivity contribution in [1.29, 1.82) is 0 Å². The van der Waals surface area contributed by atoms with Crippen molar-refractivity contribution in [2.75, 3.05) is 7.11 Å². The normalized spacial score (nSPS) is 11.8. The third-order valence-corrected chi connectivity index (χ3v) is 1.05. The summed E-state index contributed by atoms with van der Waals surface area (Å²) in [5, 5.41) is 0. The fourth-order valence-electron chi connectivity index (χ4n) is 0.510. The zero-order chi connectivity index (χ0) is 9.56. The molecule has 0 unspecified atom stereocenters. The Morgan fingerprint density at radius 3 is 2.33 bits per heavy atom. The molecule has 0 heterocycles. The van der Waals surface area contributed by atoms with E-state index in [2.05, 4.69) is 9.73 Å². The van der Waals surface area contributed by atoms with Crippen LogP contribution < -0.4 is 0 Å². The molecule has 0 aliphatic heterocycles. The maximum absolute atomic E-state index is 10.8. The number of ether oxygens (including phenoxy) is 1. The second-order valence-electron chi connectivity index (χ2n) is 2.03. The molecule has 0 aliphatic rings. The molecule has 0 spiro atoms. The number of aliphatic imine (C=N–C) groups is 1. The smallest absolute Gasteiger partial charge is 0.356 e. The van der Waals surface area contributed by atoms with E-state index in [9.17, 15) is 9.59 Å². The summed E-state index contributed by atoms with van der Waals surface area (Å²) < 4.78 is 4.40. The monoisotopic (exact) mass is 169 g/mol. The van der Waals surface area contributed by atoms with Gasteiger partial charge in [0.1, 0.15) is 5.70 Å². The van der Waals surface area contributed by atoms with Crippen LogP contribution in [0.1, 0.15) is 13.8 Å². The number of carbonyl (C=O) groups excluding carboxylic acids is 2. The number of hydrogen-bond donors (Lipinski definition) is 0. The van der Waals surface area contributed by atoms with E-state index in [1.807, 2.05) is 0 Å². The average molecular weight is 169 g/mol. The van der Waals surface area contributed by atoms with E-state index in [4.69, 9.17) is 0 Å². The lowest BCUT2D eigenvalue weighted by molar-refractivity contribution is -0.136. The van der Waals surface area contributed by atoms with Crippen molar-refractivity contribution in [1.82, 2.24) is 0 Å². The van der Waals surface area contributed by atoms with Gasteiger partial charge in [0.05, 0.1) is 13.3 Å². The number of Topliss-reactive ketones (excluding diaryl/α,β-unsaturated/α-hetero) is 1. The third kappa shape index (κ3) is 3.65. The minimum Gasteiger partial charge on any atom is -0.464 e. The predicted molar refractivity (Wildman–Crippen MR) is 44.9 cm³/mol. The maximum Gasteiger partial charge on any atom is 0.356 e. The summed E-state index contributed by atoms with van der Waals surface area (Å²) in [6.45, 7) is 3.00. The van der Waals surface area contributed by atoms with Crippen molar-refractivity contribution in [2.24, 2.45) is 4.99 Å². The summed E-state index contributed by atoms with van der Waals surface area (Å²) in [6.07, 6.45) is 2.55. The third-order valence-electron chi connectivity index (χ3n) is 1.05. The molecular weight excluding hydrogens is 158 g/mol. The van der Waals surface area contributed by atoms with Gasteiger partial charge in [0.15, 0.2) is 5.78 Å². The number of allylic oxidation sites excluding steroid dienone is 1. The quantitative estimate of drug-likeness (QED) is 0.355. The molecule has 0 rings (SSSR count). The van der Waals surface area contributed by atoms with Crippen LogP contribution in [0, 0.1) is 0 Å². The van der Waals surface area contributed by atoms with Gasteiger partial charge in [0.25, 0.3) is 0 Å². The first-order valence-electron chi connectivity index (χ1n) is 3.41. The summed E-state index contributed by atoms with van der Waals surface area (Å²) in [6, 6.07) is 0. The van der Waals surface area contributed by atoms with Crippen molar-refractivity contribution in [3.63, 3.8) is 0 Å². The van der Waals surface area contributed by atoms with Crippen LogP contribution in [0.3, 0.4) is 0 Å². The zero-order valence-corrected chi connectivity index (χ0v) is 7.33. The first-order chi connectivity index (χ1) is 5.61. The van der Waals surface area contributed by atoms with Crippen LogP contribution in [0.25, 0.3) is 0 Å². The predicted octanol–water partition coefficient (Wildman–Crippen LogP) is 0.723. The van der Waals surface area contributed by atoms with E-state index in [0.29, 0.717) is 0 Å². The zero-order valence-electron chi connectivity index (χ0n) is 7.33. The number of esters is 1. The Bertz CT molecular complexity index is 241. The lowest BCUT2D eigenvalue weighted by atomic mass is 10.4. The van der Waals surface area contributed by atoms with Crippen molar-refractivity contribution < 1.29 is 14.3 Å². The lowest BCUT2D eigenvalue weighted by Gasteiger charge is -1.96. The Morgan fingerprint density at radius 2 is 2.00 bits per heavy atom. The molecule has 0 bridgehead atoms. The summed E-state index contributed by atoms with van der Waals surface area (Å²) >= 11 is 0. The average Bonchev–Trinajstić information content (AvgIpc) is 2.04. The summed E-state index contributed by atoms with van der Waals surface area (Å²) in [4.78, 5) is 24.9. The Hall–Kier alpha value is -1.45. The van der Waals surface area contributed by atoms with E-state index in [0.717, 1.165) is 6.21 Å². The van der Waals surface area contributed by atoms with Crippen LogP contribution in [-0.2, 0) is 14.3 Å². The van der Waals surface area contributed by atoms with Crippen molar-refractivity contribution in [2.45, 2.75) is 13.8 Å². The maximum atomic E-state index is 10.8. The van der Waals surface area contributed by atoms with Gasteiger partial charge in [0.2, 0.25) is 0 Å². The van der Waals surface area contributed by atoms with E-state index in [1.165, 1.54) is 20.1 Å². The second-order valence-corrected chi connectivity index (χ2v) is 2.03. The van der Waals surface area contributed by atoms with Gasteiger partial charge >= 0.3 is 5.97 Å². The molecule has 0 amide bonds. The minimum absolute atomic E-state index is 0.132. The van der Waals surface area contributed by atoms with Crippen LogP contribution in [0.2, 0.25) is 0 Å². The number of carbonyl (C=O) groups is 2. The molecule has 0 N–H and O–H groups in total. The van der Waals surface area contributed by atoms with E-state index in [-0.39, 0.29) is 11.5 Å². The van der Waals surface area contributed by atoms with Crippen LogP contribution in [0.15, 0.2) is 16.8 Å². The Balaban J connectivity index is 4.40. The molecule has 66 valence electrons. The highest BCUT2D eigenvalue weighted by atomic mass is 16.5. The summed E-state index contributed by atoms with van der Waals surface area (Å²) in [5.41, 5.74) is 0.132. The van der Waals surface area contributed by atoms with Crippen molar-refractivity contribution >= 4 is 18.0 Å². The Morgan fingerprint density at radius 1 is 1.42 bits per heavy atom. The molecule has 0 saturated carbocycles. The number of hydrogen-bond acceptors (Lipinski definition) is 4. The van der Waals surface area contributed by atoms with Gasteiger partial charge in [-0.15, -0.1) is 0 Å². The molecule has 4 heteroatoms. The fourth-order valence-corrected chi connectivity index (χ4v) is 0.510. The fraction of sp³-hybridized carbons (Fsp3) is 0.375. The van der Waals surface area contributed by atoms with Crippen molar-refractivity contribution in [3.05, 3.63) is 11.8 Å². The van der Waals surface area contributed by atoms with Crippen LogP contribution in [0.4, 0.5) is 0 Å². The molecule has 0 saturated heterocycles. The van der Waals surface area contributed by atoms with Gasteiger partial charge in [-0.2, -0.15) is 0 Å². The van der Waals surface area contributed by atoms with Crippen LogP contribution in [-0.4, -0.2) is 25.1 Å². The molecule has 0 fully saturated rings. The topological polar surface area (TPSA) is 55.7 Å². The minimum atomic E-state index is -0.546. The molecule has 0 aromatic rings. The molecular formula is C8H11NO3. The highest BCUT2D eigenvalue weighted by molar-refractivity contribution is 6.26. The van der Waals surface area contributed by atoms with Gasteiger partial charge in [0, 0.05) is 6.92 Å².